The summed E-state index contributed by atoms with van der Waals surface area (Å²) < 4.78 is 0. The van der Waals surface area contributed by atoms with E-state index in [1.54, 1.807) is 6.07 Å². The van der Waals surface area contributed by atoms with Crippen LogP contribution in [0, 0.1) is 5.92 Å². The lowest BCUT2D eigenvalue weighted by Crippen LogP contribution is -2.30. The molecular formula is C12H13BrClNO2. The van der Waals surface area contributed by atoms with Crippen molar-refractivity contribution < 1.29 is 9.90 Å². The molecule has 92 valence electrons. The van der Waals surface area contributed by atoms with Crippen molar-refractivity contribution in [1.82, 2.24) is 5.32 Å². The van der Waals surface area contributed by atoms with Crippen LogP contribution in [0.3, 0.4) is 0 Å². The number of rotatable bonds is 4. The lowest BCUT2D eigenvalue weighted by Gasteiger charge is -2.10. The molecule has 1 amide bonds. The number of carbonyl (C=O) groups is 1. The molecule has 1 fully saturated rings. The molecule has 1 aliphatic rings. The quantitative estimate of drug-likeness (QED) is 0.839. The maximum absolute atomic E-state index is 11.8. The summed E-state index contributed by atoms with van der Waals surface area (Å²) in [6.45, 7) is 0.613. The fourth-order valence-electron chi connectivity index (χ4n) is 1.56. The lowest BCUT2D eigenvalue weighted by molar-refractivity contribution is 0.0953. The molecule has 1 saturated carbocycles. The van der Waals surface area contributed by atoms with Crippen LogP contribution in [0.15, 0.2) is 18.2 Å². The second-order valence-corrected chi connectivity index (χ2v) is 5.81. The first-order valence-corrected chi connectivity index (χ1v) is 6.78. The summed E-state index contributed by atoms with van der Waals surface area (Å²) in [6.07, 6.45) is 2.47. The van der Waals surface area contributed by atoms with Gasteiger partial charge in [0.15, 0.2) is 0 Å². The molecule has 0 aliphatic heterocycles. The van der Waals surface area contributed by atoms with E-state index in [0.717, 1.165) is 0 Å². The second-order valence-electron chi connectivity index (χ2n) is 4.23. The van der Waals surface area contributed by atoms with Gasteiger partial charge in [0, 0.05) is 16.9 Å². The van der Waals surface area contributed by atoms with Crippen molar-refractivity contribution >= 4 is 33.4 Å². The third-order valence-corrected chi connectivity index (χ3v) is 4.18. The third kappa shape index (κ3) is 3.36. The van der Waals surface area contributed by atoms with Crippen LogP contribution in [-0.2, 0) is 0 Å². The highest BCUT2D eigenvalue weighted by atomic mass is 79.9. The fraction of sp³-hybridized carbons (Fsp3) is 0.417. The van der Waals surface area contributed by atoms with Crippen LogP contribution in [0.1, 0.15) is 23.2 Å². The molecule has 0 aromatic heterocycles. The predicted molar refractivity (Wildman–Crippen MR) is 70.9 cm³/mol. The van der Waals surface area contributed by atoms with E-state index < -0.39 is 0 Å². The highest BCUT2D eigenvalue weighted by Crippen LogP contribution is 2.36. The van der Waals surface area contributed by atoms with E-state index >= 15 is 0 Å². The van der Waals surface area contributed by atoms with Crippen molar-refractivity contribution in [3.05, 3.63) is 28.8 Å². The minimum Gasteiger partial charge on any atom is -0.506 e. The number of amides is 1. The van der Waals surface area contributed by atoms with Gasteiger partial charge in [-0.05, 0) is 37.0 Å². The highest BCUT2D eigenvalue weighted by molar-refractivity contribution is 9.09. The molecule has 0 bridgehead atoms. The Morgan fingerprint density at radius 1 is 1.59 bits per heavy atom. The number of phenols is 1. The second kappa shape index (κ2) is 5.27. The minimum atomic E-state index is -0.169. The van der Waals surface area contributed by atoms with Gasteiger partial charge in [-0.2, -0.15) is 0 Å². The molecule has 3 nitrogen and oxygen atoms in total. The van der Waals surface area contributed by atoms with Gasteiger partial charge in [-0.15, -0.1) is 0 Å². The summed E-state index contributed by atoms with van der Waals surface area (Å²) in [7, 11) is 0. The van der Waals surface area contributed by atoms with Crippen molar-refractivity contribution in [3.63, 3.8) is 0 Å². The molecular weight excluding hydrogens is 305 g/mol. The number of alkyl halides is 1. The number of halogens is 2. The first kappa shape index (κ1) is 12.7. The van der Waals surface area contributed by atoms with Crippen LogP contribution in [0.25, 0.3) is 0 Å². The van der Waals surface area contributed by atoms with E-state index in [0.29, 0.717) is 22.9 Å². The van der Waals surface area contributed by atoms with Gasteiger partial charge in [-0.25, -0.2) is 0 Å². The highest BCUT2D eigenvalue weighted by Gasteiger charge is 2.29. The van der Waals surface area contributed by atoms with Gasteiger partial charge >= 0.3 is 0 Å². The van der Waals surface area contributed by atoms with Gasteiger partial charge in [0.25, 0.3) is 5.91 Å². The van der Waals surface area contributed by atoms with Crippen molar-refractivity contribution in [3.8, 4) is 5.75 Å². The topological polar surface area (TPSA) is 49.3 Å². The summed E-state index contributed by atoms with van der Waals surface area (Å²) in [5.41, 5.74) is 0.461. The monoisotopic (exact) mass is 317 g/mol. The SMILES string of the molecule is O=C(NCC(Br)C1CC1)c1ccc(O)c(Cl)c1. The average molecular weight is 319 g/mol. The Morgan fingerprint density at radius 3 is 2.88 bits per heavy atom. The molecule has 0 saturated heterocycles. The number of hydrogen-bond acceptors (Lipinski definition) is 2. The summed E-state index contributed by atoms with van der Waals surface area (Å²) in [5.74, 6) is 0.510. The van der Waals surface area contributed by atoms with E-state index in [2.05, 4.69) is 21.2 Å². The van der Waals surface area contributed by atoms with Crippen LogP contribution in [0.5, 0.6) is 5.75 Å². The standard InChI is InChI=1S/C12H13BrClNO2/c13-9(7-1-2-7)6-15-12(17)8-3-4-11(16)10(14)5-8/h3-5,7,9,16H,1-2,6H2,(H,15,17). The van der Waals surface area contributed by atoms with Crippen LogP contribution in [0.4, 0.5) is 0 Å². The Kier molecular flexibility index (Phi) is 3.94. The van der Waals surface area contributed by atoms with E-state index in [9.17, 15) is 9.90 Å². The molecule has 2 rings (SSSR count). The van der Waals surface area contributed by atoms with Crippen molar-refractivity contribution in [2.45, 2.75) is 17.7 Å². The molecule has 1 aromatic carbocycles. The van der Waals surface area contributed by atoms with E-state index in [1.807, 2.05) is 0 Å². The lowest BCUT2D eigenvalue weighted by atomic mass is 10.2. The zero-order valence-electron chi connectivity index (χ0n) is 9.12. The molecule has 5 heteroatoms. The van der Waals surface area contributed by atoms with Gasteiger partial charge in [0.05, 0.1) is 5.02 Å². The molecule has 17 heavy (non-hydrogen) atoms. The van der Waals surface area contributed by atoms with E-state index in [-0.39, 0.29) is 16.7 Å². The van der Waals surface area contributed by atoms with Crippen LogP contribution in [-0.4, -0.2) is 22.4 Å². The van der Waals surface area contributed by atoms with Gasteiger partial charge in [-0.1, -0.05) is 27.5 Å². The first-order chi connectivity index (χ1) is 8.08. The number of phenolic OH excluding ortho intramolecular Hbond substituents is 1. The predicted octanol–water partition coefficient (Wildman–Crippen LogP) is 2.95. The molecule has 2 N–H and O–H groups in total. The van der Waals surface area contributed by atoms with Crippen LogP contribution < -0.4 is 5.32 Å². The average Bonchev–Trinajstić information content (AvgIpc) is 3.13. The molecule has 1 atom stereocenters. The van der Waals surface area contributed by atoms with Crippen molar-refractivity contribution in [2.24, 2.45) is 5.92 Å². The van der Waals surface area contributed by atoms with E-state index in [1.165, 1.54) is 25.0 Å². The molecule has 1 aromatic rings. The normalized spacial score (nSPS) is 16.6. The summed E-state index contributed by atoms with van der Waals surface area (Å²) in [5, 5.41) is 12.3. The van der Waals surface area contributed by atoms with Gasteiger partial charge in [0.1, 0.15) is 5.75 Å². The summed E-state index contributed by atoms with van der Waals surface area (Å²) in [6, 6.07) is 4.44. The van der Waals surface area contributed by atoms with Crippen LogP contribution >= 0.6 is 27.5 Å². The molecule has 0 spiro atoms. The fourth-order valence-corrected chi connectivity index (χ4v) is 2.44. The Morgan fingerprint density at radius 2 is 2.29 bits per heavy atom. The zero-order valence-corrected chi connectivity index (χ0v) is 11.5. The zero-order chi connectivity index (χ0) is 12.4. The number of nitrogens with one attached hydrogen (secondary N) is 1. The Hall–Kier alpha value is -0.740. The van der Waals surface area contributed by atoms with E-state index in [4.69, 9.17) is 11.6 Å². The number of benzene rings is 1. The minimum absolute atomic E-state index is 0.0143. The molecule has 1 unspecified atom stereocenters. The van der Waals surface area contributed by atoms with Gasteiger partial charge < -0.3 is 10.4 Å². The van der Waals surface area contributed by atoms with Gasteiger partial charge in [0.2, 0.25) is 0 Å². The number of hydrogen-bond donors (Lipinski definition) is 2. The number of aromatic hydroxyl groups is 1. The summed E-state index contributed by atoms with van der Waals surface area (Å²) >= 11 is 9.29. The third-order valence-electron chi connectivity index (χ3n) is 2.80. The maximum Gasteiger partial charge on any atom is 0.251 e. The smallest absolute Gasteiger partial charge is 0.251 e. The molecule has 1 aliphatic carbocycles. The first-order valence-electron chi connectivity index (χ1n) is 5.48. The van der Waals surface area contributed by atoms with Gasteiger partial charge in [-0.3, -0.25) is 4.79 Å². The Labute approximate surface area is 113 Å². The van der Waals surface area contributed by atoms with Crippen molar-refractivity contribution in [1.29, 1.82) is 0 Å². The molecule has 0 radical (unpaired) electrons. The Balaban J connectivity index is 1.92. The van der Waals surface area contributed by atoms with Crippen LogP contribution in [0.2, 0.25) is 5.02 Å². The maximum atomic E-state index is 11.8. The Bertz CT molecular complexity index is 435. The summed E-state index contributed by atoms with van der Waals surface area (Å²) in [4.78, 5) is 12.1. The van der Waals surface area contributed by atoms with Crippen molar-refractivity contribution in [2.75, 3.05) is 6.54 Å². The number of carbonyl (C=O) groups excluding carboxylic acids is 1. The molecule has 0 heterocycles. The largest absolute Gasteiger partial charge is 0.506 e.